The Morgan fingerprint density at radius 2 is 1.84 bits per heavy atom. The van der Waals surface area contributed by atoms with E-state index >= 15 is 0 Å². The van der Waals surface area contributed by atoms with Gasteiger partial charge in [0.15, 0.2) is 6.19 Å². The highest BCUT2D eigenvalue weighted by Crippen LogP contribution is 2.34. The van der Waals surface area contributed by atoms with Crippen LogP contribution in [0.5, 0.6) is 5.75 Å². The van der Waals surface area contributed by atoms with Gasteiger partial charge in [0, 0.05) is 5.56 Å². The molecule has 2 N–H and O–H groups in total. The highest BCUT2D eigenvalue weighted by molar-refractivity contribution is 5.91. The molecule has 0 bridgehead atoms. The molecule has 0 aliphatic carbocycles. The Hall–Kier alpha value is -3.26. The Balaban J connectivity index is 1.86. The zero-order chi connectivity index (χ0) is 17.7. The standard InChI is InChI=1S/C20H20N4O/c1-20(2)12-17(16-10-6-7-11-18(16)25-20)24-19(23-14-21)22-13-15-8-4-3-5-9-15/h3-12H,13H2,1-2H3,(H2,22,23,24). The fourth-order valence-corrected chi connectivity index (χ4v) is 2.66. The molecule has 0 unspecified atom stereocenters. The summed E-state index contributed by atoms with van der Waals surface area (Å²) in [5.41, 5.74) is 2.42. The number of rotatable bonds is 3. The molecule has 1 heterocycles. The van der Waals surface area contributed by atoms with Crippen LogP contribution in [0.1, 0.15) is 25.0 Å². The van der Waals surface area contributed by atoms with Crippen LogP contribution in [0.2, 0.25) is 0 Å². The molecule has 0 saturated heterocycles. The summed E-state index contributed by atoms with van der Waals surface area (Å²) in [4.78, 5) is 4.49. The van der Waals surface area contributed by atoms with Gasteiger partial charge in [0.05, 0.1) is 12.2 Å². The molecule has 3 rings (SSSR count). The molecule has 0 amide bonds. The Kier molecular flexibility index (Phi) is 4.71. The molecule has 0 fully saturated rings. The molecule has 2 aromatic rings. The van der Waals surface area contributed by atoms with Gasteiger partial charge < -0.3 is 10.1 Å². The van der Waals surface area contributed by atoms with Crippen LogP contribution >= 0.6 is 0 Å². The van der Waals surface area contributed by atoms with Crippen molar-refractivity contribution >= 4 is 11.7 Å². The summed E-state index contributed by atoms with van der Waals surface area (Å²) < 4.78 is 5.98. The van der Waals surface area contributed by atoms with E-state index in [4.69, 9.17) is 10.00 Å². The number of hydrogen-bond donors (Lipinski definition) is 2. The highest BCUT2D eigenvalue weighted by Gasteiger charge is 2.26. The number of nitrogens with one attached hydrogen (secondary N) is 2. The van der Waals surface area contributed by atoms with Crippen molar-refractivity contribution in [2.45, 2.75) is 26.0 Å². The molecule has 5 nitrogen and oxygen atoms in total. The minimum absolute atomic E-state index is 0.408. The number of nitriles is 1. The SMILES string of the molecule is CC1(C)C=C(NC(=NCc2ccccc2)NC#N)c2ccccc2O1. The number of hydrogen-bond acceptors (Lipinski definition) is 3. The van der Waals surface area contributed by atoms with Crippen molar-refractivity contribution in [3.63, 3.8) is 0 Å². The van der Waals surface area contributed by atoms with Crippen LogP contribution in [0.25, 0.3) is 5.70 Å². The summed E-state index contributed by atoms with van der Waals surface area (Å²) in [7, 11) is 0. The molecule has 0 saturated carbocycles. The van der Waals surface area contributed by atoms with E-state index in [1.54, 1.807) is 0 Å². The summed E-state index contributed by atoms with van der Waals surface area (Å²) in [6.45, 7) is 4.46. The van der Waals surface area contributed by atoms with Crippen molar-refractivity contribution in [2.24, 2.45) is 4.99 Å². The molecule has 0 spiro atoms. The molecule has 2 aromatic carbocycles. The van der Waals surface area contributed by atoms with E-state index in [1.807, 2.05) is 80.7 Å². The fourth-order valence-electron chi connectivity index (χ4n) is 2.66. The smallest absolute Gasteiger partial charge is 0.209 e. The van der Waals surface area contributed by atoms with Gasteiger partial charge in [0.2, 0.25) is 5.96 Å². The van der Waals surface area contributed by atoms with Crippen molar-refractivity contribution in [3.05, 3.63) is 71.8 Å². The zero-order valence-corrected chi connectivity index (χ0v) is 14.3. The minimum atomic E-state index is -0.451. The second-order valence-corrected chi connectivity index (χ2v) is 6.27. The van der Waals surface area contributed by atoms with Gasteiger partial charge in [-0.3, -0.25) is 5.32 Å². The lowest BCUT2D eigenvalue weighted by atomic mass is 9.99. The van der Waals surface area contributed by atoms with Crippen molar-refractivity contribution in [1.82, 2.24) is 10.6 Å². The zero-order valence-electron chi connectivity index (χ0n) is 14.3. The van der Waals surface area contributed by atoms with E-state index in [-0.39, 0.29) is 0 Å². The van der Waals surface area contributed by atoms with E-state index in [9.17, 15) is 0 Å². The highest BCUT2D eigenvalue weighted by atomic mass is 16.5. The molecule has 25 heavy (non-hydrogen) atoms. The topological polar surface area (TPSA) is 69.4 Å². The van der Waals surface area contributed by atoms with E-state index in [0.717, 1.165) is 22.6 Å². The van der Waals surface area contributed by atoms with Crippen LogP contribution in [0.3, 0.4) is 0 Å². The van der Waals surface area contributed by atoms with Gasteiger partial charge in [0.1, 0.15) is 11.4 Å². The van der Waals surface area contributed by atoms with Crippen LogP contribution in [0.4, 0.5) is 0 Å². The first kappa shape index (κ1) is 16.6. The summed E-state index contributed by atoms with van der Waals surface area (Å²) in [5, 5.41) is 14.9. The average molecular weight is 332 g/mol. The normalized spacial score (nSPS) is 15.2. The van der Waals surface area contributed by atoms with Crippen LogP contribution in [0.15, 0.2) is 65.7 Å². The number of para-hydroxylation sites is 1. The maximum Gasteiger partial charge on any atom is 0.209 e. The van der Waals surface area contributed by atoms with Gasteiger partial charge in [0.25, 0.3) is 0 Å². The van der Waals surface area contributed by atoms with Crippen LogP contribution in [-0.4, -0.2) is 11.6 Å². The van der Waals surface area contributed by atoms with Crippen molar-refractivity contribution in [3.8, 4) is 11.9 Å². The molecule has 1 aliphatic rings. The number of nitrogens with zero attached hydrogens (tertiary/aromatic N) is 2. The number of aliphatic imine (C=N–C) groups is 1. The van der Waals surface area contributed by atoms with Gasteiger partial charge >= 0.3 is 0 Å². The maximum atomic E-state index is 9.04. The van der Waals surface area contributed by atoms with Gasteiger partial charge in [-0.1, -0.05) is 42.5 Å². The van der Waals surface area contributed by atoms with Gasteiger partial charge in [-0.25, -0.2) is 4.99 Å². The average Bonchev–Trinajstić information content (AvgIpc) is 2.60. The van der Waals surface area contributed by atoms with Crippen LogP contribution < -0.4 is 15.4 Å². The van der Waals surface area contributed by atoms with Gasteiger partial charge in [-0.15, -0.1) is 0 Å². The van der Waals surface area contributed by atoms with Gasteiger partial charge in [-0.05, 0) is 37.6 Å². The lowest BCUT2D eigenvalue weighted by Crippen LogP contribution is -2.37. The van der Waals surface area contributed by atoms with E-state index < -0.39 is 5.60 Å². The van der Waals surface area contributed by atoms with E-state index in [2.05, 4.69) is 15.6 Å². The third kappa shape index (κ3) is 4.18. The first-order valence-electron chi connectivity index (χ1n) is 8.09. The number of ether oxygens (including phenoxy) is 1. The fraction of sp³-hybridized carbons (Fsp3) is 0.200. The van der Waals surface area contributed by atoms with Crippen LogP contribution in [-0.2, 0) is 6.54 Å². The summed E-state index contributed by atoms with van der Waals surface area (Å²) in [5.74, 6) is 1.21. The van der Waals surface area contributed by atoms with Gasteiger partial charge in [-0.2, -0.15) is 5.26 Å². The number of fused-ring (bicyclic) bond motifs is 1. The second kappa shape index (κ2) is 7.10. The predicted molar refractivity (Wildman–Crippen MR) is 98.6 cm³/mol. The summed E-state index contributed by atoms with van der Waals surface area (Å²) in [6.07, 6.45) is 3.93. The molecular formula is C20H20N4O. The first-order valence-corrected chi connectivity index (χ1v) is 8.09. The monoisotopic (exact) mass is 332 g/mol. The van der Waals surface area contributed by atoms with Crippen molar-refractivity contribution in [2.75, 3.05) is 0 Å². The third-order valence-electron chi connectivity index (χ3n) is 3.73. The summed E-state index contributed by atoms with van der Waals surface area (Å²) in [6, 6.07) is 17.7. The Labute approximate surface area is 147 Å². The second-order valence-electron chi connectivity index (χ2n) is 6.27. The number of guanidine groups is 1. The quantitative estimate of drug-likeness (QED) is 0.391. The molecule has 1 aliphatic heterocycles. The molecule has 126 valence electrons. The molecule has 0 aromatic heterocycles. The van der Waals surface area contributed by atoms with E-state index in [1.165, 1.54) is 0 Å². The lowest BCUT2D eigenvalue weighted by molar-refractivity contribution is 0.157. The van der Waals surface area contributed by atoms with E-state index in [0.29, 0.717) is 12.5 Å². The molecule has 5 heteroatoms. The molecule has 0 radical (unpaired) electrons. The Morgan fingerprint density at radius 3 is 2.60 bits per heavy atom. The predicted octanol–water partition coefficient (Wildman–Crippen LogP) is 3.41. The van der Waals surface area contributed by atoms with Crippen molar-refractivity contribution in [1.29, 1.82) is 5.26 Å². The summed E-state index contributed by atoms with van der Waals surface area (Å²) >= 11 is 0. The minimum Gasteiger partial charge on any atom is -0.483 e. The number of benzene rings is 2. The molecular weight excluding hydrogens is 312 g/mol. The van der Waals surface area contributed by atoms with Crippen LogP contribution in [0, 0.1) is 11.5 Å². The Bertz CT molecular complexity index is 847. The Morgan fingerprint density at radius 1 is 1.12 bits per heavy atom. The largest absolute Gasteiger partial charge is 0.483 e. The third-order valence-corrected chi connectivity index (χ3v) is 3.73. The maximum absolute atomic E-state index is 9.04. The lowest BCUT2D eigenvalue weighted by Gasteiger charge is -2.31. The molecule has 0 atom stereocenters. The van der Waals surface area contributed by atoms with Crippen molar-refractivity contribution < 1.29 is 4.74 Å². The first-order chi connectivity index (χ1) is 12.1.